The van der Waals surface area contributed by atoms with Crippen LogP contribution in [0.3, 0.4) is 0 Å². The standard InChI is InChI=1S/C23H31NO2S/c1-16(2)21-10-9-18(4)14-22(21)26-19(5)23(25)24-11-12-27-15-20-8-6-7-17(3)13-20/h6-10,13-14,16,19H,11-12,15H2,1-5H3,(H,24,25). The van der Waals surface area contributed by atoms with Crippen molar-refractivity contribution in [2.45, 2.75) is 52.4 Å². The molecule has 1 amide bonds. The van der Waals surface area contributed by atoms with Crippen LogP contribution in [0.4, 0.5) is 0 Å². The van der Waals surface area contributed by atoms with Gasteiger partial charge in [0.25, 0.3) is 5.91 Å². The fourth-order valence-electron chi connectivity index (χ4n) is 2.85. The summed E-state index contributed by atoms with van der Waals surface area (Å²) < 4.78 is 5.97. The first-order valence-electron chi connectivity index (χ1n) is 9.55. The molecule has 0 spiro atoms. The lowest BCUT2D eigenvalue weighted by molar-refractivity contribution is -0.127. The zero-order valence-electron chi connectivity index (χ0n) is 17.0. The third-order valence-electron chi connectivity index (χ3n) is 4.36. The summed E-state index contributed by atoms with van der Waals surface area (Å²) in [6.45, 7) is 10.9. The van der Waals surface area contributed by atoms with E-state index in [0.29, 0.717) is 12.5 Å². The van der Waals surface area contributed by atoms with Crippen molar-refractivity contribution in [1.82, 2.24) is 5.32 Å². The van der Waals surface area contributed by atoms with Crippen LogP contribution in [-0.4, -0.2) is 24.3 Å². The Morgan fingerprint density at radius 2 is 1.81 bits per heavy atom. The third kappa shape index (κ3) is 6.94. The molecule has 0 bridgehead atoms. The number of carbonyl (C=O) groups is 1. The van der Waals surface area contributed by atoms with Crippen LogP contribution in [0.25, 0.3) is 0 Å². The number of hydrogen-bond acceptors (Lipinski definition) is 3. The Morgan fingerprint density at radius 3 is 2.52 bits per heavy atom. The fourth-order valence-corrected chi connectivity index (χ4v) is 3.65. The highest BCUT2D eigenvalue weighted by molar-refractivity contribution is 7.98. The van der Waals surface area contributed by atoms with E-state index in [2.05, 4.69) is 62.5 Å². The van der Waals surface area contributed by atoms with E-state index in [-0.39, 0.29) is 5.91 Å². The molecule has 0 heterocycles. The summed E-state index contributed by atoms with van der Waals surface area (Å²) in [5.41, 5.74) is 4.87. The Morgan fingerprint density at radius 1 is 1.07 bits per heavy atom. The molecule has 0 saturated carbocycles. The van der Waals surface area contributed by atoms with Crippen molar-refractivity contribution < 1.29 is 9.53 Å². The van der Waals surface area contributed by atoms with Crippen molar-refractivity contribution in [2.24, 2.45) is 0 Å². The Hall–Kier alpha value is -1.94. The van der Waals surface area contributed by atoms with E-state index in [1.807, 2.05) is 31.7 Å². The van der Waals surface area contributed by atoms with E-state index in [1.165, 1.54) is 11.1 Å². The number of hydrogen-bond donors (Lipinski definition) is 1. The van der Waals surface area contributed by atoms with Gasteiger partial charge in [-0.3, -0.25) is 4.79 Å². The van der Waals surface area contributed by atoms with Gasteiger partial charge < -0.3 is 10.1 Å². The van der Waals surface area contributed by atoms with Gasteiger partial charge in [-0.05, 0) is 49.4 Å². The van der Waals surface area contributed by atoms with Crippen LogP contribution in [0, 0.1) is 13.8 Å². The van der Waals surface area contributed by atoms with Crippen LogP contribution in [0.2, 0.25) is 0 Å². The predicted molar refractivity (Wildman–Crippen MR) is 116 cm³/mol. The van der Waals surface area contributed by atoms with Crippen molar-refractivity contribution >= 4 is 17.7 Å². The number of rotatable bonds is 9. The largest absolute Gasteiger partial charge is 0.481 e. The van der Waals surface area contributed by atoms with E-state index < -0.39 is 6.10 Å². The topological polar surface area (TPSA) is 38.3 Å². The number of nitrogens with one attached hydrogen (secondary N) is 1. The lowest BCUT2D eigenvalue weighted by atomic mass is 10.0. The minimum absolute atomic E-state index is 0.0673. The molecule has 0 saturated heterocycles. The SMILES string of the molecule is Cc1cccc(CSCCNC(=O)C(C)Oc2cc(C)ccc2C(C)C)c1. The van der Waals surface area contributed by atoms with Gasteiger partial charge in [0.15, 0.2) is 6.10 Å². The number of carbonyl (C=O) groups excluding carboxylic acids is 1. The van der Waals surface area contributed by atoms with Gasteiger partial charge in [-0.25, -0.2) is 0 Å². The predicted octanol–water partition coefficient (Wildman–Crippen LogP) is 5.24. The van der Waals surface area contributed by atoms with E-state index in [9.17, 15) is 4.79 Å². The first-order chi connectivity index (χ1) is 12.9. The molecule has 0 aliphatic heterocycles. The maximum atomic E-state index is 12.3. The normalized spacial score (nSPS) is 12.1. The lowest BCUT2D eigenvalue weighted by Crippen LogP contribution is -2.37. The summed E-state index contributed by atoms with van der Waals surface area (Å²) in [5, 5.41) is 2.98. The smallest absolute Gasteiger partial charge is 0.260 e. The fraction of sp³-hybridized carbons (Fsp3) is 0.435. The highest BCUT2D eigenvalue weighted by atomic mass is 32.2. The number of amides is 1. The Kier molecular flexibility index (Phi) is 8.23. The van der Waals surface area contributed by atoms with Gasteiger partial charge >= 0.3 is 0 Å². The number of ether oxygens (including phenoxy) is 1. The summed E-state index contributed by atoms with van der Waals surface area (Å²) in [6.07, 6.45) is -0.508. The van der Waals surface area contributed by atoms with Crippen molar-refractivity contribution in [3.05, 3.63) is 64.7 Å². The molecule has 146 valence electrons. The molecule has 4 heteroatoms. The number of benzene rings is 2. The van der Waals surface area contributed by atoms with E-state index in [4.69, 9.17) is 4.74 Å². The molecule has 1 unspecified atom stereocenters. The van der Waals surface area contributed by atoms with Crippen LogP contribution in [-0.2, 0) is 10.5 Å². The van der Waals surface area contributed by atoms with Crippen LogP contribution < -0.4 is 10.1 Å². The van der Waals surface area contributed by atoms with Gasteiger partial charge in [0.2, 0.25) is 0 Å². The molecule has 0 fully saturated rings. The van der Waals surface area contributed by atoms with Crippen LogP contribution in [0.5, 0.6) is 5.75 Å². The summed E-state index contributed by atoms with van der Waals surface area (Å²) >= 11 is 1.83. The van der Waals surface area contributed by atoms with Gasteiger partial charge in [0, 0.05) is 18.1 Å². The molecular weight excluding hydrogens is 354 g/mol. The first-order valence-corrected chi connectivity index (χ1v) is 10.7. The average molecular weight is 386 g/mol. The molecule has 0 aliphatic rings. The second-order valence-corrected chi connectivity index (χ2v) is 8.39. The molecular formula is C23H31NO2S. The molecule has 0 aromatic heterocycles. The van der Waals surface area contributed by atoms with Crippen LogP contribution >= 0.6 is 11.8 Å². The second-order valence-electron chi connectivity index (χ2n) is 7.29. The zero-order valence-corrected chi connectivity index (χ0v) is 17.9. The van der Waals surface area contributed by atoms with Crippen molar-refractivity contribution in [2.75, 3.05) is 12.3 Å². The molecule has 0 aliphatic carbocycles. The van der Waals surface area contributed by atoms with Crippen molar-refractivity contribution in [1.29, 1.82) is 0 Å². The van der Waals surface area contributed by atoms with Gasteiger partial charge in [-0.15, -0.1) is 0 Å². The highest BCUT2D eigenvalue weighted by Crippen LogP contribution is 2.28. The summed E-state index contributed by atoms with van der Waals surface area (Å²) in [4.78, 5) is 12.3. The van der Waals surface area contributed by atoms with Gasteiger partial charge in [-0.2, -0.15) is 11.8 Å². The Labute approximate surface area is 167 Å². The van der Waals surface area contributed by atoms with Gasteiger partial charge in [-0.1, -0.05) is 55.8 Å². The van der Waals surface area contributed by atoms with E-state index in [1.54, 1.807) is 0 Å². The van der Waals surface area contributed by atoms with E-state index >= 15 is 0 Å². The molecule has 2 aromatic rings. The summed E-state index contributed by atoms with van der Waals surface area (Å²) in [7, 11) is 0. The zero-order chi connectivity index (χ0) is 19.8. The second kappa shape index (κ2) is 10.4. The quantitative estimate of drug-likeness (QED) is 0.600. The molecule has 27 heavy (non-hydrogen) atoms. The monoisotopic (exact) mass is 385 g/mol. The maximum Gasteiger partial charge on any atom is 0.260 e. The molecule has 2 aromatic carbocycles. The molecule has 1 atom stereocenters. The minimum atomic E-state index is -0.508. The molecule has 1 N–H and O–H groups in total. The van der Waals surface area contributed by atoms with E-state index in [0.717, 1.165) is 28.4 Å². The third-order valence-corrected chi connectivity index (χ3v) is 5.39. The lowest BCUT2D eigenvalue weighted by Gasteiger charge is -2.19. The molecule has 3 nitrogen and oxygen atoms in total. The Balaban J connectivity index is 1.76. The van der Waals surface area contributed by atoms with Crippen molar-refractivity contribution in [3.63, 3.8) is 0 Å². The maximum absolute atomic E-state index is 12.3. The van der Waals surface area contributed by atoms with Gasteiger partial charge in [0.1, 0.15) is 5.75 Å². The van der Waals surface area contributed by atoms with Gasteiger partial charge in [0.05, 0.1) is 0 Å². The average Bonchev–Trinajstić information content (AvgIpc) is 2.61. The first kappa shape index (κ1) is 21.4. The van der Waals surface area contributed by atoms with Crippen molar-refractivity contribution in [3.8, 4) is 5.75 Å². The van der Waals surface area contributed by atoms with Crippen LogP contribution in [0.15, 0.2) is 42.5 Å². The highest BCUT2D eigenvalue weighted by Gasteiger charge is 2.17. The number of thioether (sulfide) groups is 1. The van der Waals surface area contributed by atoms with Crippen LogP contribution in [0.1, 0.15) is 48.9 Å². The minimum Gasteiger partial charge on any atom is -0.481 e. The number of aryl methyl sites for hydroxylation is 2. The summed E-state index contributed by atoms with van der Waals surface area (Å²) in [6, 6.07) is 14.7. The summed E-state index contributed by atoms with van der Waals surface area (Å²) in [5.74, 6) is 2.94. The molecule has 0 radical (unpaired) electrons. The Bertz CT molecular complexity index is 758. The molecule has 2 rings (SSSR count).